The Bertz CT molecular complexity index is 571. The van der Waals surface area contributed by atoms with Gasteiger partial charge in [-0.15, -0.1) is 0 Å². The number of benzene rings is 1. The lowest BCUT2D eigenvalue weighted by Gasteiger charge is -2.32. The van der Waals surface area contributed by atoms with Crippen LogP contribution in [0, 0.1) is 11.3 Å². The maximum atomic E-state index is 11.4. The van der Waals surface area contributed by atoms with Crippen LogP contribution < -0.4 is 5.46 Å². The molecule has 1 atom stereocenters. The van der Waals surface area contributed by atoms with E-state index < -0.39 is 13.0 Å². The highest BCUT2D eigenvalue weighted by molar-refractivity contribution is 6.62. The van der Waals surface area contributed by atoms with Gasteiger partial charge in [0.25, 0.3) is 0 Å². The topological polar surface area (TPSA) is 59.3 Å². The van der Waals surface area contributed by atoms with Crippen molar-refractivity contribution >= 4 is 18.4 Å². The third kappa shape index (κ3) is 2.87. The number of hydrogen-bond donors (Lipinski definition) is 0. The van der Waals surface area contributed by atoms with Gasteiger partial charge in [-0.3, -0.25) is 4.79 Å². The molecular formula is C16H20BNO3. The second-order valence-electron chi connectivity index (χ2n) is 6.43. The highest BCUT2D eigenvalue weighted by Crippen LogP contribution is 2.36. The standard InChI is InChI=1S/C16H20BNO3/c1-11(19)14(10-18)12-6-8-13(9-7-12)17-20-15(2,3)16(4,5)21-17/h6-9,14H,1-5H3/t14-/m0/s1. The minimum atomic E-state index is -0.711. The first-order chi connectivity index (χ1) is 9.68. The SMILES string of the molecule is CC(=O)[C@H](C#N)c1ccc(B2OC(C)(C)C(C)(C)O2)cc1. The zero-order chi connectivity index (χ0) is 15.8. The molecule has 4 nitrogen and oxygen atoms in total. The number of carbonyl (C=O) groups is 1. The number of ketones is 1. The summed E-state index contributed by atoms with van der Waals surface area (Å²) in [6.07, 6.45) is 0. The lowest BCUT2D eigenvalue weighted by atomic mass is 9.78. The van der Waals surface area contributed by atoms with E-state index in [1.807, 2.05) is 45.9 Å². The molecule has 0 N–H and O–H groups in total. The number of rotatable bonds is 3. The molecular weight excluding hydrogens is 265 g/mol. The molecule has 0 spiro atoms. The molecule has 1 heterocycles. The molecule has 1 aliphatic heterocycles. The van der Waals surface area contributed by atoms with Crippen molar-refractivity contribution in [2.45, 2.75) is 51.7 Å². The molecule has 5 heteroatoms. The van der Waals surface area contributed by atoms with Crippen molar-refractivity contribution in [1.82, 2.24) is 0 Å². The Labute approximate surface area is 126 Å². The summed E-state index contributed by atoms with van der Waals surface area (Å²) in [6.45, 7) is 9.44. The van der Waals surface area contributed by atoms with Crippen LogP contribution >= 0.6 is 0 Å². The van der Waals surface area contributed by atoms with E-state index in [-0.39, 0.29) is 17.0 Å². The van der Waals surface area contributed by atoms with E-state index in [0.29, 0.717) is 5.56 Å². The summed E-state index contributed by atoms with van der Waals surface area (Å²) in [5.74, 6) is -0.863. The summed E-state index contributed by atoms with van der Waals surface area (Å²) in [7, 11) is -0.429. The van der Waals surface area contributed by atoms with Gasteiger partial charge >= 0.3 is 7.12 Å². The van der Waals surface area contributed by atoms with E-state index in [1.54, 1.807) is 12.1 Å². The molecule has 1 saturated heterocycles. The molecule has 0 unspecified atom stereocenters. The zero-order valence-corrected chi connectivity index (χ0v) is 13.1. The van der Waals surface area contributed by atoms with Gasteiger partial charge in [-0.2, -0.15) is 5.26 Å². The van der Waals surface area contributed by atoms with Crippen molar-refractivity contribution in [2.75, 3.05) is 0 Å². The molecule has 0 aliphatic carbocycles. The van der Waals surface area contributed by atoms with Crippen LogP contribution in [0.2, 0.25) is 0 Å². The van der Waals surface area contributed by atoms with Gasteiger partial charge in [0, 0.05) is 0 Å². The first kappa shape index (κ1) is 15.7. The maximum Gasteiger partial charge on any atom is 0.494 e. The lowest BCUT2D eigenvalue weighted by molar-refractivity contribution is -0.117. The molecule has 0 saturated carbocycles. The Morgan fingerprint density at radius 2 is 1.62 bits per heavy atom. The molecule has 1 aliphatic rings. The molecule has 0 bridgehead atoms. The van der Waals surface area contributed by atoms with Gasteiger partial charge < -0.3 is 9.31 Å². The molecule has 0 radical (unpaired) electrons. The summed E-state index contributed by atoms with van der Waals surface area (Å²) in [6, 6.07) is 9.30. The monoisotopic (exact) mass is 285 g/mol. The van der Waals surface area contributed by atoms with Gasteiger partial charge in [0.1, 0.15) is 5.92 Å². The van der Waals surface area contributed by atoms with Crippen LogP contribution in [0.15, 0.2) is 24.3 Å². The van der Waals surface area contributed by atoms with Gasteiger partial charge in [0.05, 0.1) is 17.3 Å². The van der Waals surface area contributed by atoms with Crippen LogP contribution in [0.5, 0.6) is 0 Å². The molecule has 1 aromatic carbocycles. The zero-order valence-electron chi connectivity index (χ0n) is 13.1. The highest BCUT2D eigenvalue weighted by atomic mass is 16.7. The maximum absolute atomic E-state index is 11.4. The van der Waals surface area contributed by atoms with Crippen molar-refractivity contribution in [3.8, 4) is 6.07 Å². The Morgan fingerprint density at radius 3 is 2.00 bits per heavy atom. The van der Waals surface area contributed by atoms with Crippen LogP contribution in [-0.2, 0) is 14.1 Å². The Morgan fingerprint density at radius 1 is 1.14 bits per heavy atom. The largest absolute Gasteiger partial charge is 0.494 e. The fraction of sp³-hybridized carbons (Fsp3) is 0.500. The number of nitrogens with zero attached hydrogens (tertiary/aromatic N) is 1. The fourth-order valence-corrected chi connectivity index (χ4v) is 2.22. The number of Topliss-reactive ketones (excluding diaryl/α,β-unsaturated/α-hetero) is 1. The average Bonchev–Trinajstić information content (AvgIpc) is 2.59. The van der Waals surface area contributed by atoms with Crippen molar-refractivity contribution in [3.63, 3.8) is 0 Å². The number of hydrogen-bond acceptors (Lipinski definition) is 4. The normalized spacial score (nSPS) is 20.9. The summed E-state index contributed by atoms with van der Waals surface area (Å²) >= 11 is 0. The predicted molar refractivity (Wildman–Crippen MR) is 81.2 cm³/mol. The number of nitriles is 1. The Kier molecular flexibility index (Phi) is 3.96. The first-order valence-electron chi connectivity index (χ1n) is 7.03. The van der Waals surface area contributed by atoms with Crippen LogP contribution in [-0.4, -0.2) is 24.1 Å². The Balaban J connectivity index is 2.22. The summed E-state index contributed by atoms with van der Waals surface area (Å²) < 4.78 is 11.9. The van der Waals surface area contributed by atoms with Crippen LogP contribution in [0.3, 0.4) is 0 Å². The quantitative estimate of drug-likeness (QED) is 0.799. The Hall–Kier alpha value is -1.64. The van der Waals surface area contributed by atoms with E-state index in [9.17, 15) is 4.79 Å². The second-order valence-corrected chi connectivity index (χ2v) is 6.43. The first-order valence-corrected chi connectivity index (χ1v) is 7.03. The van der Waals surface area contributed by atoms with Gasteiger partial charge in [-0.25, -0.2) is 0 Å². The summed E-state index contributed by atoms with van der Waals surface area (Å²) in [4.78, 5) is 11.4. The van der Waals surface area contributed by atoms with Gasteiger partial charge in [-0.1, -0.05) is 24.3 Å². The fourth-order valence-electron chi connectivity index (χ4n) is 2.22. The van der Waals surface area contributed by atoms with Crippen LogP contribution in [0.1, 0.15) is 46.1 Å². The molecule has 2 rings (SSSR count). The van der Waals surface area contributed by atoms with E-state index in [4.69, 9.17) is 14.6 Å². The van der Waals surface area contributed by atoms with Gasteiger partial charge in [-0.05, 0) is 45.6 Å². The van der Waals surface area contributed by atoms with E-state index in [2.05, 4.69) is 0 Å². The van der Waals surface area contributed by atoms with Gasteiger partial charge in [0.2, 0.25) is 0 Å². The minimum Gasteiger partial charge on any atom is -0.399 e. The van der Waals surface area contributed by atoms with E-state index >= 15 is 0 Å². The second kappa shape index (κ2) is 5.29. The van der Waals surface area contributed by atoms with E-state index in [1.165, 1.54) is 6.92 Å². The molecule has 1 aromatic rings. The number of carbonyl (C=O) groups excluding carboxylic acids is 1. The van der Waals surface area contributed by atoms with Crippen molar-refractivity contribution in [1.29, 1.82) is 5.26 Å². The van der Waals surface area contributed by atoms with Crippen LogP contribution in [0.4, 0.5) is 0 Å². The van der Waals surface area contributed by atoms with Crippen molar-refractivity contribution < 1.29 is 14.1 Å². The third-order valence-electron chi connectivity index (χ3n) is 4.33. The summed E-state index contributed by atoms with van der Waals surface area (Å²) in [5.41, 5.74) is 0.818. The lowest BCUT2D eigenvalue weighted by Crippen LogP contribution is -2.41. The molecule has 110 valence electrons. The molecule has 1 fully saturated rings. The third-order valence-corrected chi connectivity index (χ3v) is 4.33. The summed E-state index contributed by atoms with van der Waals surface area (Å²) in [5, 5.41) is 9.05. The van der Waals surface area contributed by atoms with Crippen LogP contribution in [0.25, 0.3) is 0 Å². The minimum absolute atomic E-state index is 0.152. The molecule has 21 heavy (non-hydrogen) atoms. The van der Waals surface area contributed by atoms with Crippen molar-refractivity contribution in [2.24, 2.45) is 0 Å². The van der Waals surface area contributed by atoms with Gasteiger partial charge in [0.15, 0.2) is 5.78 Å². The molecule has 0 amide bonds. The smallest absolute Gasteiger partial charge is 0.399 e. The average molecular weight is 285 g/mol. The van der Waals surface area contributed by atoms with Crippen molar-refractivity contribution in [3.05, 3.63) is 29.8 Å². The van der Waals surface area contributed by atoms with E-state index in [0.717, 1.165) is 5.46 Å². The highest BCUT2D eigenvalue weighted by Gasteiger charge is 2.51. The molecule has 0 aromatic heterocycles. The predicted octanol–water partition coefficient (Wildman–Crippen LogP) is 2.18.